The summed E-state index contributed by atoms with van der Waals surface area (Å²) in [7, 11) is 0. The van der Waals surface area contributed by atoms with Gasteiger partial charge in [0, 0.05) is 52.5 Å². The van der Waals surface area contributed by atoms with Crippen LogP contribution in [0.4, 0.5) is 0 Å². The van der Waals surface area contributed by atoms with Gasteiger partial charge in [0.25, 0.3) is 0 Å². The first-order valence-corrected chi connectivity index (χ1v) is 8.44. The van der Waals surface area contributed by atoms with Crippen molar-refractivity contribution < 1.29 is 0 Å². The Bertz CT molecular complexity index is 1080. The van der Waals surface area contributed by atoms with Crippen LogP contribution in [0.1, 0.15) is 22.6 Å². The van der Waals surface area contributed by atoms with Gasteiger partial charge in [-0.15, -0.1) is 0 Å². The van der Waals surface area contributed by atoms with Crippen molar-refractivity contribution in [2.75, 3.05) is 0 Å². The Balaban J connectivity index is 1.81. The van der Waals surface area contributed by atoms with E-state index < -0.39 is 0 Å². The van der Waals surface area contributed by atoms with Crippen LogP contribution in [0.15, 0.2) is 85.5 Å². The first kappa shape index (κ1) is 14.1. The van der Waals surface area contributed by atoms with E-state index in [1.807, 2.05) is 18.5 Å². The maximum absolute atomic E-state index is 4.37. The summed E-state index contributed by atoms with van der Waals surface area (Å²) >= 11 is 0. The minimum atomic E-state index is 0.126. The lowest BCUT2D eigenvalue weighted by molar-refractivity contribution is 0.982. The number of rotatable bonds is 3. The van der Waals surface area contributed by atoms with Crippen molar-refractivity contribution in [1.29, 1.82) is 0 Å². The zero-order chi connectivity index (χ0) is 16.6. The van der Waals surface area contributed by atoms with Gasteiger partial charge in [-0.2, -0.15) is 0 Å². The van der Waals surface area contributed by atoms with E-state index >= 15 is 0 Å². The minimum absolute atomic E-state index is 0.126. The molecule has 3 heterocycles. The highest BCUT2D eigenvalue weighted by Gasteiger charge is 2.23. The number of para-hydroxylation sites is 2. The van der Waals surface area contributed by atoms with Gasteiger partial charge in [0.15, 0.2) is 0 Å². The number of hydrogen-bond donors (Lipinski definition) is 2. The van der Waals surface area contributed by atoms with E-state index in [2.05, 4.69) is 81.9 Å². The number of aromatic amines is 2. The van der Waals surface area contributed by atoms with E-state index in [0.717, 1.165) is 11.0 Å². The number of hydrogen-bond acceptors (Lipinski definition) is 1. The summed E-state index contributed by atoms with van der Waals surface area (Å²) in [6.45, 7) is 0. The molecule has 0 atom stereocenters. The lowest BCUT2D eigenvalue weighted by atomic mass is 9.85. The third-order valence-corrected chi connectivity index (χ3v) is 4.88. The quantitative estimate of drug-likeness (QED) is 0.469. The molecule has 0 radical (unpaired) electrons. The highest BCUT2D eigenvalue weighted by molar-refractivity contribution is 5.89. The van der Waals surface area contributed by atoms with Crippen LogP contribution in [0, 0.1) is 0 Å². The molecule has 120 valence electrons. The van der Waals surface area contributed by atoms with Crippen molar-refractivity contribution in [1.82, 2.24) is 15.0 Å². The van der Waals surface area contributed by atoms with E-state index in [4.69, 9.17) is 0 Å². The van der Waals surface area contributed by atoms with Gasteiger partial charge in [-0.05, 0) is 34.9 Å². The van der Waals surface area contributed by atoms with E-state index in [-0.39, 0.29) is 5.92 Å². The fourth-order valence-corrected chi connectivity index (χ4v) is 3.74. The summed E-state index contributed by atoms with van der Waals surface area (Å²) in [6, 6.07) is 21.1. The molecule has 0 aliphatic rings. The van der Waals surface area contributed by atoms with E-state index in [1.165, 1.54) is 27.5 Å². The van der Waals surface area contributed by atoms with Crippen molar-refractivity contribution in [2.45, 2.75) is 5.92 Å². The van der Waals surface area contributed by atoms with Crippen LogP contribution in [0.2, 0.25) is 0 Å². The molecule has 25 heavy (non-hydrogen) atoms. The van der Waals surface area contributed by atoms with E-state index in [0.29, 0.717) is 0 Å². The number of aromatic nitrogens is 3. The van der Waals surface area contributed by atoms with Gasteiger partial charge in [0.1, 0.15) is 0 Å². The molecule has 0 unspecified atom stereocenters. The molecule has 0 saturated heterocycles. The van der Waals surface area contributed by atoms with Crippen LogP contribution >= 0.6 is 0 Å². The summed E-state index contributed by atoms with van der Waals surface area (Å²) in [5, 5.41) is 2.50. The molecule has 0 saturated carbocycles. The van der Waals surface area contributed by atoms with Crippen LogP contribution < -0.4 is 0 Å². The lowest BCUT2D eigenvalue weighted by Gasteiger charge is -2.17. The molecule has 0 bridgehead atoms. The molecule has 0 aliphatic heterocycles. The summed E-state index contributed by atoms with van der Waals surface area (Å²) < 4.78 is 0. The number of nitrogens with zero attached hydrogens (tertiary/aromatic N) is 1. The molecule has 3 aromatic heterocycles. The molecule has 2 aromatic carbocycles. The maximum atomic E-state index is 4.37. The highest BCUT2D eigenvalue weighted by atomic mass is 14.7. The monoisotopic (exact) mass is 323 g/mol. The molecule has 0 spiro atoms. The van der Waals surface area contributed by atoms with Gasteiger partial charge in [-0.3, -0.25) is 4.98 Å². The third-order valence-electron chi connectivity index (χ3n) is 4.88. The van der Waals surface area contributed by atoms with Gasteiger partial charge in [-0.1, -0.05) is 42.5 Å². The van der Waals surface area contributed by atoms with Crippen molar-refractivity contribution in [3.8, 4) is 0 Å². The first-order valence-electron chi connectivity index (χ1n) is 8.44. The average molecular weight is 323 g/mol. The van der Waals surface area contributed by atoms with Crippen molar-refractivity contribution in [3.63, 3.8) is 0 Å². The van der Waals surface area contributed by atoms with Crippen LogP contribution in [0.5, 0.6) is 0 Å². The Labute approximate surface area is 145 Å². The van der Waals surface area contributed by atoms with Crippen molar-refractivity contribution in [2.24, 2.45) is 0 Å². The molecule has 3 nitrogen and oxygen atoms in total. The maximum Gasteiger partial charge on any atom is 0.0457 e. The summed E-state index contributed by atoms with van der Waals surface area (Å²) in [5.41, 5.74) is 6.05. The smallest absolute Gasteiger partial charge is 0.0457 e. The number of pyridine rings is 1. The Kier molecular flexibility index (Phi) is 3.17. The van der Waals surface area contributed by atoms with Crippen LogP contribution in [0.25, 0.3) is 21.8 Å². The predicted molar refractivity (Wildman–Crippen MR) is 102 cm³/mol. The molecule has 5 rings (SSSR count). The topological polar surface area (TPSA) is 44.5 Å². The standard InChI is InChI=1S/C22H17N3/c1-3-9-20-16(7-1)18(13-24-20)22(15-6-5-11-23-12-15)19-14-25-21-10-4-2-8-17(19)21/h1-14,22,24-25H. The second-order valence-electron chi connectivity index (χ2n) is 6.30. The van der Waals surface area contributed by atoms with Crippen LogP contribution in [0.3, 0.4) is 0 Å². The zero-order valence-electron chi connectivity index (χ0n) is 13.6. The molecule has 5 aromatic rings. The van der Waals surface area contributed by atoms with E-state index in [9.17, 15) is 0 Å². The fraction of sp³-hybridized carbons (Fsp3) is 0.0455. The average Bonchev–Trinajstić information content (AvgIpc) is 3.29. The number of benzene rings is 2. The second-order valence-corrected chi connectivity index (χ2v) is 6.30. The van der Waals surface area contributed by atoms with Gasteiger partial charge in [0.05, 0.1) is 0 Å². The Morgan fingerprint density at radius 3 is 1.84 bits per heavy atom. The van der Waals surface area contributed by atoms with Crippen molar-refractivity contribution >= 4 is 21.8 Å². The predicted octanol–water partition coefficient (Wildman–Crippen LogP) is 5.22. The van der Waals surface area contributed by atoms with Gasteiger partial charge >= 0.3 is 0 Å². The zero-order valence-corrected chi connectivity index (χ0v) is 13.6. The second kappa shape index (κ2) is 5.64. The molecule has 0 fully saturated rings. The SMILES string of the molecule is c1cncc(C(c2c[nH]c3ccccc23)c2c[nH]c3ccccc23)c1. The molecule has 0 amide bonds. The molecule has 3 heteroatoms. The fourth-order valence-electron chi connectivity index (χ4n) is 3.74. The minimum Gasteiger partial charge on any atom is -0.361 e. The Morgan fingerprint density at radius 1 is 0.680 bits per heavy atom. The summed E-state index contributed by atoms with van der Waals surface area (Å²) in [5.74, 6) is 0.126. The highest BCUT2D eigenvalue weighted by Crippen LogP contribution is 2.38. The number of fused-ring (bicyclic) bond motifs is 2. The molecule has 0 aliphatic carbocycles. The largest absolute Gasteiger partial charge is 0.361 e. The van der Waals surface area contributed by atoms with Crippen LogP contribution in [-0.4, -0.2) is 15.0 Å². The Morgan fingerprint density at radius 2 is 1.28 bits per heavy atom. The van der Waals surface area contributed by atoms with Gasteiger partial charge in [-0.25, -0.2) is 0 Å². The lowest BCUT2D eigenvalue weighted by Crippen LogP contribution is -2.02. The number of nitrogens with one attached hydrogen (secondary N) is 2. The summed E-state index contributed by atoms with van der Waals surface area (Å²) in [6.07, 6.45) is 8.05. The first-order chi connectivity index (χ1) is 12.4. The molecule has 2 N–H and O–H groups in total. The van der Waals surface area contributed by atoms with Crippen LogP contribution in [-0.2, 0) is 0 Å². The van der Waals surface area contributed by atoms with Gasteiger partial charge in [0.2, 0.25) is 0 Å². The molecular weight excluding hydrogens is 306 g/mol. The van der Waals surface area contributed by atoms with Gasteiger partial charge < -0.3 is 9.97 Å². The number of H-pyrrole nitrogens is 2. The third kappa shape index (κ3) is 2.24. The Hall–Kier alpha value is -3.33. The molecular formula is C22H17N3. The van der Waals surface area contributed by atoms with Crippen molar-refractivity contribution in [3.05, 3.63) is 102 Å². The van der Waals surface area contributed by atoms with E-state index in [1.54, 1.807) is 0 Å². The normalized spacial score (nSPS) is 11.6. The summed E-state index contributed by atoms with van der Waals surface area (Å²) in [4.78, 5) is 11.2.